The molecule has 0 radical (unpaired) electrons. The first-order valence-electron chi connectivity index (χ1n) is 8.54. The number of hydrogen-bond acceptors (Lipinski definition) is 6. The number of rotatable bonds is 4. The van der Waals surface area contributed by atoms with Gasteiger partial charge in [0, 0.05) is 25.1 Å². The predicted molar refractivity (Wildman–Crippen MR) is 102 cm³/mol. The number of nitrogens with zero attached hydrogens (tertiary/aromatic N) is 6. The zero-order chi connectivity index (χ0) is 19.4. The second kappa shape index (κ2) is 6.09. The Hall–Kier alpha value is -3.34. The van der Waals surface area contributed by atoms with Gasteiger partial charge in [0.15, 0.2) is 11.5 Å². The average Bonchev–Trinajstić information content (AvgIpc) is 3.41. The number of aromatic nitrogens is 8. The summed E-state index contributed by atoms with van der Waals surface area (Å²) in [6.45, 7) is 2.22. The van der Waals surface area contributed by atoms with Crippen LogP contribution in [0, 0.1) is 12.7 Å². The Labute approximate surface area is 160 Å². The lowest BCUT2D eigenvalue weighted by molar-refractivity contribution is 0.614. The van der Waals surface area contributed by atoms with Crippen molar-refractivity contribution in [3.63, 3.8) is 0 Å². The fourth-order valence-corrected chi connectivity index (χ4v) is 4.38. The van der Waals surface area contributed by atoms with Crippen LogP contribution in [-0.2, 0) is 20.0 Å². The number of hydrogen-bond donors (Lipinski definition) is 2. The van der Waals surface area contributed by atoms with E-state index < -0.39 is 0 Å². The minimum atomic E-state index is -0.387. The van der Waals surface area contributed by atoms with Crippen LogP contribution in [0.2, 0.25) is 0 Å². The molecule has 28 heavy (non-hydrogen) atoms. The Bertz CT molecular complexity index is 1390. The summed E-state index contributed by atoms with van der Waals surface area (Å²) in [4.78, 5) is 17.6. The summed E-state index contributed by atoms with van der Waals surface area (Å²) in [6, 6.07) is 0. The van der Waals surface area contributed by atoms with E-state index in [0.717, 1.165) is 26.4 Å². The monoisotopic (exact) mass is 398 g/mol. The van der Waals surface area contributed by atoms with Gasteiger partial charge in [0.1, 0.15) is 16.2 Å². The van der Waals surface area contributed by atoms with Gasteiger partial charge in [-0.15, -0.1) is 11.3 Å². The van der Waals surface area contributed by atoms with E-state index in [2.05, 4.69) is 30.5 Å². The largest absolute Gasteiger partial charge is 0.323 e. The van der Waals surface area contributed by atoms with E-state index in [9.17, 15) is 9.18 Å². The van der Waals surface area contributed by atoms with E-state index in [1.165, 1.54) is 22.2 Å². The van der Waals surface area contributed by atoms with Crippen LogP contribution in [0.15, 0.2) is 23.4 Å². The van der Waals surface area contributed by atoms with Crippen molar-refractivity contribution in [2.75, 3.05) is 0 Å². The van der Waals surface area contributed by atoms with E-state index in [4.69, 9.17) is 0 Å². The molecule has 142 valence electrons. The van der Waals surface area contributed by atoms with Gasteiger partial charge in [-0.05, 0) is 12.5 Å². The van der Waals surface area contributed by atoms with Crippen LogP contribution < -0.4 is 5.56 Å². The molecule has 5 rings (SSSR count). The van der Waals surface area contributed by atoms with Crippen LogP contribution in [0.1, 0.15) is 22.0 Å². The Kier molecular flexibility index (Phi) is 3.66. The third-order valence-corrected chi connectivity index (χ3v) is 5.87. The second-order valence-electron chi connectivity index (χ2n) is 6.56. The van der Waals surface area contributed by atoms with E-state index in [1.807, 2.05) is 6.92 Å². The molecule has 0 aromatic carbocycles. The van der Waals surface area contributed by atoms with E-state index in [0.29, 0.717) is 29.8 Å². The van der Waals surface area contributed by atoms with Gasteiger partial charge >= 0.3 is 0 Å². The highest BCUT2D eigenvalue weighted by molar-refractivity contribution is 7.19. The summed E-state index contributed by atoms with van der Waals surface area (Å²) in [7, 11) is 1.80. The van der Waals surface area contributed by atoms with Crippen LogP contribution in [0.5, 0.6) is 0 Å². The van der Waals surface area contributed by atoms with Crippen molar-refractivity contribution in [2.45, 2.75) is 19.9 Å². The Morgan fingerprint density at radius 2 is 2.00 bits per heavy atom. The molecule has 5 heterocycles. The zero-order valence-electron chi connectivity index (χ0n) is 15.0. The number of fused-ring (bicyclic) bond motifs is 3. The summed E-state index contributed by atoms with van der Waals surface area (Å²) in [5, 5.41) is 19.2. The molecule has 0 aliphatic carbocycles. The standard InChI is InChI=1S/C17H15FN8OS/c1-8-4-19-24-12(8)7-26-17(27)14-9(5-21-26)15-16(25(14)2)22-13(28-15)3-11-10(18)6-20-23-11/h4-6H,3,7H2,1-2H3,(H,19,24)(H,20,23). The molecular formula is C17H15FN8OS. The molecule has 0 spiro atoms. The number of H-pyrrole nitrogens is 2. The van der Waals surface area contributed by atoms with Crippen molar-refractivity contribution in [1.82, 2.24) is 39.7 Å². The summed E-state index contributed by atoms with van der Waals surface area (Å²) >= 11 is 1.42. The summed E-state index contributed by atoms with van der Waals surface area (Å²) < 4.78 is 17.7. The summed E-state index contributed by atoms with van der Waals surface area (Å²) in [6.07, 6.45) is 4.97. The van der Waals surface area contributed by atoms with Crippen molar-refractivity contribution in [3.05, 3.63) is 56.7 Å². The van der Waals surface area contributed by atoms with E-state index in [1.54, 1.807) is 24.0 Å². The number of aryl methyl sites for hydroxylation is 2. The lowest BCUT2D eigenvalue weighted by Crippen LogP contribution is -2.25. The third-order valence-electron chi connectivity index (χ3n) is 4.79. The SMILES string of the molecule is Cc1c[nH]nc1Cn1ncc2c3sc(Cc4n[nH]cc4F)nc3n(C)c2c1=O. The molecule has 0 saturated carbocycles. The normalized spacial score (nSPS) is 11.8. The molecule has 5 aromatic rings. The first-order valence-corrected chi connectivity index (χ1v) is 9.36. The molecule has 0 fully saturated rings. The highest BCUT2D eigenvalue weighted by Gasteiger charge is 2.19. The van der Waals surface area contributed by atoms with Crippen molar-refractivity contribution >= 4 is 32.6 Å². The number of thiazole rings is 1. The molecule has 0 aliphatic heterocycles. The maximum atomic E-state index is 13.6. The van der Waals surface area contributed by atoms with Gasteiger partial charge in [0.05, 0.1) is 29.3 Å². The quantitative estimate of drug-likeness (QED) is 0.480. The van der Waals surface area contributed by atoms with Crippen LogP contribution in [0.25, 0.3) is 21.3 Å². The van der Waals surface area contributed by atoms with Crippen LogP contribution >= 0.6 is 11.3 Å². The van der Waals surface area contributed by atoms with Gasteiger partial charge in [-0.3, -0.25) is 15.0 Å². The Morgan fingerprint density at radius 3 is 2.71 bits per heavy atom. The highest BCUT2D eigenvalue weighted by Crippen LogP contribution is 2.31. The second-order valence-corrected chi connectivity index (χ2v) is 7.64. The molecule has 0 bridgehead atoms. The molecule has 0 unspecified atom stereocenters. The molecule has 0 atom stereocenters. The van der Waals surface area contributed by atoms with Gasteiger partial charge in [-0.25, -0.2) is 14.1 Å². The van der Waals surface area contributed by atoms with Gasteiger partial charge in [-0.1, -0.05) is 0 Å². The first kappa shape index (κ1) is 16.8. The molecule has 0 amide bonds. The molecule has 2 N–H and O–H groups in total. The lowest BCUT2D eigenvalue weighted by Gasteiger charge is -2.04. The Balaban J connectivity index is 1.60. The molecule has 0 saturated heterocycles. The van der Waals surface area contributed by atoms with Gasteiger partial charge < -0.3 is 4.57 Å². The maximum Gasteiger partial charge on any atom is 0.291 e. The first-order chi connectivity index (χ1) is 13.5. The fourth-order valence-electron chi connectivity index (χ4n) is 3.27. The topological polar surface area (TPSA) is 110 Å². The van der Waals surface area contributed by atoms with Crippen LogP contribution in [-0.4, -0.2) is 39.7 Å². The Morgan fingerprint density at radius 1 is 1.21 bits per heavy atom. The number of nitrogens with one attached hydrogen (secondary N) is 2. The lowest BCUT2D eigenvalue weighted by atomic mass is 10.3. The minimum Gasteiger partial charge on any atom is -0.323 e. The number of halogens is 1. The minimum absolute atomic E-state index is 0.201. The highest BCUT2D eigenvalue weighted by atomic mass is 32.1. The average molecular weight is 398 g/mol. The van der Waals surface area contributed by atoms with Crippen molar-refractivity contribution in [1.29, 1.82) is 0 Å². The molecule has 11 heteroatoms. The van der Waals surface area contributed by atoms with Crippen molar-refractivity contribution in [3.8, 4) is 0 Å². The fraction of sp³-hybridized carbons (Fsp3) is 0.235. The maximum absolute atomic E-state index is 13.6. The third kappa shape index (κ3) is 2.47. The van der Waals surface area contributed by atoms with Crippen LogP contribution in [0.3, 0.4) is 0 Å². The zero-order valence-corrected chi connectivity index (χ0v) is 15.8. The van der Waals surface area contributed by atoms with Gasteiger partial charge in [0.25, 0.3) is 5.56 Å². The van der Waals surface area contributed by atoms with Gasteiger partial charge in [0.2, 0.25) is 0 Å². The summed E-state index contributed by atoms with van der Waals surface area (Å²) in [5.41, 5.74) is 3.07. The molecule has 0 aliphatic rings. The van der Waals surface area contributed by atoms with Crippen LogP contribution in [0.4, 0.5) is 4.39 Å². The van der Waals surface area contributed by atoms with Gasteiger partial charge in [-0.2, -0.15) is 15.3 Å². The molecule has 5 aromatic heterocycles. The summed E-state index contributed by atoms with van der Waals surface area (Å²) in [5.74, 6) is -0.387. The van der Waals surface area contributed by atoms with Crippen molar-refractivity contribution in [2.24, 2.45) is 7.05 Å². The van der Waals surface area contributed by atoms with Crippen molar-refractivity contribution < 1.29 is 4.39 Å². The molecular weight excluding hydrogens is 383 g/mol. The van der Waals surface area contributed by atoms with E-state index in [-0.39, 0.29) is 11.4 Å². The van der Waals surface area contributed by atoms with E-state index >= 15 is 0 Å². The predicted octanol–water partition coefficient (Wildman–Crippen LogP) is 1.88. The number of aromatic amines is 2. The molecule has 9 nitrogen and oxygen atoms in total. The smallest absolute Gasteiger partial charge is 0.291 e.